The first-order valence-electron chi connectivity index (χ1n) is 5.46. The molecule has 2 rings (SSSR count). The quantitative estimate of drug-likeness (QED) is 0.816. The van der Waals surface area contributed by atoms with Crippen molar-refractivity contribution in [1.29, 1.82) is 0 Å². The first-order chi connectivity index (χ1) is 7.16. The molecule has 15 heavy (non-hydrogen) atoms. The molecule has 4 heteroatoms. The van der Waals surface area contributed by atoms with Gasteiger partial charge < -0.3 is 0 Å². The van der Waals surface area contributed by atoms with Crippen molar-refractivity contribution in [3.05, 3.63) is 22.1 Å². The molecule has 0 atom stereocenters. The molecule has 0 aromatic carbocycles. The average molecular weight is 208 g/mol. The molecule has 1 aromatic rings. The van der Waals surface area contributed by atoms with Crippen molar-refractivity contribution in [2.75, 3.05) is 0 Å². The highest BCUT2D eigenvalue weighted by atomic mass is 16.1. The van der Waals surface area contributed by atoms with Crippen LogP contribution in [-0.2, 0) is 11.2 Å². The summed E-state index contributed by atoms with van der Waals surface area (Å²) in [6, 6.07) is 1.86. The van der Waals surface area contributed by atoms with Crippen molar-refractivity contribution in [3.8, 4) is 0 Å². The highest BCUT2D eigenvalue weighted by Gasteiger charge is 2.19. The number of carbonyl (C=O) groups excluding carboxylic acids is 1. The molecule has 1 aliphatic carbocycles. The predicted octanol–water partition coefficient (Wildman–Crippen LogP) is 1.42. The van der Waals surface area contributed by atoms with Gasteiger partial charge in [-0.15, -0.1) is 0 Å². The number of nitrogens with zero attached hydrogens (tertiary/aromatic N) is 1. The van der Waals surface area contributed by atoms with Crippen LogP contribution in [0.4, 0.5) is 0 Å². The zero-order valence-electron chi connectivity index (χ0n) is 8.95. The zero-order valence-corrected chi connectivity index (χ0v) is 8.95. The minimum atomic E-state index is -0.00171. The Labute approximate surface area is 88.3 Å². The Balaban J connectivity index is 2.21. The Hall–Kier alpha value is -1.32. The number of carbonyl (C=O) groups is 1. The number of rotatable bonds is 3. The van der Waals surface area contributed by atoms with Crippen LogP contribution in [0.2, 0.25) is 0 Å². The van der Waals surface area contributed by atoms with Gasteiger partial charge in [-0.05, 0) is 19.8 Å². The predicted molar refractivity (Wildman–Crippen MR) is 56.9 cm³/mol. The van der Waals surface area contributed by atoms with Crippen molar-refractivity contribution >= 4 is 5.78 Å². The van der Waals surface area contributed by atoms with Gasteiger partial charge in [0.2, 0.25) is 0 Å². The topological polar surface area (TPSA) is 54.9 Å². The summed E-state index contributed by atoms with van der Waals surface area (Å²) >= 11 is 0. The summed E-state index contributed by atoms with van der Waals surface area (Å²) in [5.74, 6) is 0.0785. The van der Waals surface area contributed by atoms with E-state index in [-0.39, 0.29) is 11.3 Å². The molecule has 1 N–H and O–H groups in total. The fourth-order valence-electron chi connectivity index (χ4n) is 2.25. The van der Waals surface area contributed by atoms with Crippen molar-refractivity contribution in [2.45, 2.75) is 45.1 Å². The number of hydrogen-bond acceptors (Lipinski definition) is 2. The van der Waals surface area contributed by atoms with Crippen LogP contribution in [0.25, 0.3) is 0 Å². The molecule has 0 aliphatic heterocycles. The van der Waals surface area contributed by atoms with Crippen molar-refractivity contribution in [1.82, 2.24) is 9.78 Å². The Morgan fingerprint density at radius 1 is 1.53 bits per heavy atom. The molecule has 0 spiro atoms. The van der Waals surface area contributed by atoms with Gasteiger partial charge in [0.05, 0.1) is 6.04 Å². The second-order valence-corrected chi connectivity index (χ2v) is 4.31. The molecule has 1 aliphatic rings. The van der Waals surface area contributed by atoms with E-state index in [2.05, 4.69) is 5.10 Å². The van der Waals surface area contributed by atoms with Crippen molar-refractivity contribution in [3.63, 3.8) is 0 Å². The maximum absolute atomic E-state index is 11.6. The van der Waals surface area contributed by atoms with Gasteiger partial charge in [0, 0.05) is 18.2 Å². The third-order valence-corrected chi connectivity index (χ3v) is 2.93. The highest BCUT2D eigenvalue weighted by Crippen LogP contribution is 2.27. The Bertz CT molecular complexity index is 410. The molecule has 0 unspecified atom stereocenters. The Kier molecular flexibility index (Phi) is 2.75. The number of nitrogens with one attached hydrogen (secondary N) is 1. The zero-order chi connectivity index (χ0) is 10.8. The highest BCUT2D eigenvalue weighted by molar-refractivity contribution is 5.77. The molecule has 4 nitrogen and oxygen atoms in total. The number of Topliss-reactive ketones (excluding diaryl/α,β-unsaturated/α-hetero) is 1. The maximum Gasteiger partial charge on any atom is 0.266 e. The number of aromatic nitrogens is 2. The van der Waals surface area contributed by atoms with E-state index < -0.39 is 0 Å². The summed E-state index contributed by atoms with van der Waals surface area (Å²) in [5.41, 5.74) is 0.734. The molecule has 0 radical (unpaired) electrons. The van der Waals surface area contributed by atoms with Crippen LogP contribution < -0.4 is 5.56 Å². The monoisotopic (exact) mass is 208 g/mol. The third kappa shape index (κ3) is 2.19. The molecule has 82 valence electrons. The van der Waals surface area contributed by atoms with E-state index in [0.29, 0.717) is 12.5 Å². The van der Waals surface area contributed by atoms with E-state index in [0.717, 1.165) is 18.5 Å². The van der Waals surface area contributed by atoms with E-state index in [1.165, 1.54) is 19.8 Å². The largest absolute Gasteiger partial charge is 0.300 e. The smallest absolute Gasteiger partial charge is 0.266 e. The lowest BCUT2D eigenvalue weighted by molar-refractivity contribution is -0.116. The summed E-state index contributed by atoms with van der Waals surface area (Å²) in [6.07, 6.45) is 4.85. The van der Waals surface area contributed by atoms with Gasteiger partial charge in [-0.3, -0.25) is 14.7 Å². The van der Waals surface area contributed by atoms with E-state index in [1.54, 1.807) is 10.7 Å². The standard InChI is InChI=1S/C11H16N2O2/c1-8(14)6-9-7-11(15)13(12-9)10-4-2-3-5-10/h7,10,12H,2-6H2,1H3. The molecular weight excluding hydrogens is 192 g/mol. The number of ketones is 1. The van der Waals surface area contributed by atoms with Crippen LogP contribution in [-0.4, -0.2) is 15.6 Å². The summed E-state index contributed by atoms with van der Waals surface area (Å²) in [6.45, 7) is 1.53. The van der Waals surface area contributed by atoms with Crippen LogP contribution in [0.1, 0.15) is 44.3 Å². The summed E-state index contributed by atoms with van der Waals surface area (Å²) in [5, 5.41) is 3.04. The van der Waals surface area contributed by atoms with E-state index >= 15 is 0 Å². The summed E-state index contributed by atoms with van der Waals surface area (Å²) < 4.78 is 1.69. The van der Waals surface area contributed by atoms with Gasteiger partial charge in [-0.25, -0.2) is 4.68 Å². The lowest BCUT2D eigenvalue weighted by Gasteiger charge is -2.09. The molecular formula is C11H16N2O2. The van der Waals surface area contributed by atoms with E-state index in [4.69, 9.17) is 0 Å². The Morgan fingerprint density at radius 3 is 2.80 bits per heavy atom. The second-order valence-electron chi connectivity index (χ2n) is 4.31. The minimum Gasteiger partial charge on any atom is -0.300 e. The molecule has 1 heterocycles. The number of hydrogen-bond donors (Lipinski definition) is 1. The van der Waals surface area contributed by atoms with Gasteiger partial charge in [0.1, 0.15) is 5.78 Å². The fourth-order valence-corrected chi connectivity index (χ4v) is 2.25. The average Bonchev–Trinajstić information content (AvgIpc) is 2.72. The lowest BCUT2D eigenvalue weighted by Crippen LogP contribution is -2.19. The maximum atomic E-state index is 11.6. The van der Waals surface area contributed by atoms with E-state index in [1.807, 2.05) is 0 Å². The van der Waals surface area contributed by atoms with Gasteiger partial charge in [-0.2, -0.15) is 0 Å². The van der Waals surface area contributed by atoms with Crippen LogP contribution in [0.15, 0.2) is 10.9 Å². The Morgan fingerprint density at radius 2 is 2.20 bits per heavy atom. The fraction of sp³-hybridized carbons (Fsp3) is 0.636. The molecule has 0 saturated heterocycles. The minimum absolute atomic E-state index is 0.00171. The van der Waals surface area contributed by atoms with Gasteiger partial charge in [-0.1, -0.05) is 12.8 Å². The SMILES string of the molecule is CC(=O)Cc1cc(=O)n(C2CCCC2)[nH]1. The normalized spacial score (nSPS) is 17.1. The first kappa shape index (κ1) is 10.2. The first-order valence-corrected chi connectivity index (χ1v) is 5.46. The molecule has 1 saturated carbocycles. The molecule has 1 fully saturated rings. The van der Waals surface area contributed by atoms with Crippen molar-refractivity contribution in [2.24, 2.45) is 0 Å². The lowest BCUT2D eigenvalue weighted by atomic mass is 10.2. The number of aromatic amines is 1. The van der Waals surface area contributed by atoms with E-state index in [9.17, 15) is 9.59 Å². The van der Waals surface area contributed by atoms with Crippen LogP contribution in [0.3, 0.4) is 0 Å². The summed E-state index contributed by atoms with van der Waals surface area (Å²) in [4.78, 5) is 22.6. The molecule has 0 amide bonds. The molecule has 1 aromatic heterocycles. The van der Waals surface area contributed by atoms with Gasteiger partial charge in [0.15, 0.2) is 0 Å². The van der Waals surface area contributed by atoms with Crippen LogP contribution in [0.5, 0.6) is 0 Å². The number of H-pyrrole nitrogens is 1. The van der Waals surface area contributed by atoms with Gasteiger partial charge >= 0.3 is 0 Å². The van der Waals surface area contributed by atoms with Crippen LogP contribution >= 0.6 is 0 Å². The van der Waals surface area contributed by atoms with Gasteiger partial charge in [0.25, 0.3) is 5.56 Å². The molecule has 0 bridgehead atoms. The third-order valence-electron chi connectivity index (χ3n) is 2.93. The summed E-state index contributed by atoms with van der Waals surface area (Å²) in [7, 11) is 0. The van der Waals surface area contributed by atoms with Crippen LogP contribution in [0, 0.1) is 0 Å². The second kappa shape index (κ2) is 4.04. The van der Waals surface area contributed by atoms with Crippen molar-refractivity contribution < 1.29 is 4.79 Å².